The number of nitrogens with one attached hydrogen (secondary N) is 1. The number of piperazine rings is 1. The van der Waals surface area contributed by atoms with Gasteiger partial charge >= 0.3 is 0 Å². The monoisotopic (exact) mass is 303 g/mol. The molecule has 0 spiro atoms. The van der Waals surface area contributed by atoms with Gasteiger partial charge in [-0.1, -0.05) is 32.4 Å². The van der Waals surface area contributed by atoms with E-state index in [4.69, 9.17) is 11.6 Å². The van der Waals surface area contributed by atoms with Gasteiger partial charge in [0.25, 0.3) is 0 Å². The Morgan fingerprint density at radius 1 is 1.29 bits per heavy atom. The van der Waals surface area contributed by atoms with Gasteiger partial charge < -0.3 is 10.2 Å². The highest BCUT2D eigenvalue weighted by Crippen LogP contribution is 2.32. The third-order valence-electron chi connectivity index (χ3n) is 4.26. The Kier molecular flexibility index (Phi) is 3.80. The van der Waals surface area contributed by atoms with Crippen LogP contribution in [0.5, 0.6) is 0 Å². The molecule has 0 radical (unpaired) electrons. The van der Waals surface area contributed by atoms with Crippen molar-refractivity contribution in [3.8, 4) is 0 Å². The second-order valence-electron chi connectivity index (χ2n) is 6.78. The zero-order valence-corrected chi connectivity index (χ0v) is 13.6. The predicted molar refractivity (Wildman–Crippen MR) is 90.2 cm³/mol. The lowest BCUT2D eigenvalue weighted by atomic mass is 9.85. The summed E-state index contributed by atoms with van der Waals surface area (Å²) >= 11 is 6.30. The fourth-order valence-electron chi connectivity index (χ4n) is 2.93. The average Bonchev–Trinajstić information content (AvgIpc) is 2.47. The number of anilines is 1. The highest BCUT2D eigenvalue weighted by atomic mass is 35.5. The van der Waals surface area contributed by atoms with Gasteiger partial charge in [-0.05, 0) is 29.7 Å². The molecule has 1 aliphatic rings. The van der Waals surface area contributed by atoms with Crippen molar-refractivity contribution in [2.45, 2.75) is 26.8 Å². The summed E-state index contributed by atoms with van der Waals surface area (Å²) in [5, 5.41) is 5.43. The quantitative estimate of drug-likeness (QED) is 0.870. The average molecular weight is 304 g/mol. The number of nitrogens with zero attached hydrogens (tertiary/aromatic N) is 2. The summed E-state index contributed by atoms with van der Waals surface area (Å²) in [7, 11) is 0. The van der Waals surface area contributed by atoms with Gasteiger partial charge in [0.1, 0.15) is 0 Å². The number of halogens is 1. The first kappa shape index (κ1) is 14.6. The Bertz CT molecular complexity index is 648. The van der Waals surface area contributed by atoms with Crippen molar-refractivity contribution in [3.05, 3.63) is 35.5 Å². The Hall–Kier alpha value is -1.32. The third kappa shape index (κ3) is 2.85. The van der Waals surface area contributed by atoms with Gasteiger partial charge in [0.15, 0.2) is 0 Å². The van der Waals surface area contributed by atoms with Crippen molar-refractivity contribution >= 4 is 28.2 Å². The second kappa shape index (κ2) is 5.47. The predicted octanol–water partition coefficient (Wildman–Crippen LogP) is 3.71. The van der Waals surface area contributed by atoms with Crippen molar-refractivity contribution < 1.29 is 0 Å². The second-order valence-corrected chi connectivity index (χ2v) is 7.19. The molecule has 1 fully saturated rings. The van der Waals surface area contributed by atoms with E-state index in [9.17, 15) is 0 Å². The van der Waals surface area contributed by atoms with Crippen LogP contribution in [0.25, 0.3) is 10.9 Å². The number of aromatic nitrogens is 1. The van der Waals surface area contributed by atoms with Crippen molar-refractivity contribution in [2.24, 2.45) is 5.41 Å². The van der Waals surface area contributed by atoms with E-state index in [1.807, 2.05) is 24.4 Å². The molecule has 4 heteroatoms. The largest absolute Gasteiger partial charge is 0.367 e. The van der Waals surface area contributed by atoms with Crippen LogP contribution in [0, 0.1) is 5.41 Å². The molecular formula is C17H22ClN3. The molecule has 0 aliphatic carbocycles. The lowest BCUT2D eigenvalue weighted by Gasteiger charge is -2.41. The van der Waals surface area contributed by atoms with Crippen molar-refractivity contribution in [1.82, 2.24) is 10.3 Å². The van der Waals surface area contributed by atoms with Crippen LogP contribution < -0.4 is 10.2 Å². The minimum absolute atomic E-state index is 0.244. The lowest BCUT2D eigenvalue weighted by molar-refractivity contribution is 0.254. The van der Waals surface area contributed by atoms with E-state index in [0.29, 0.717) is 6.04 Å². The van der Waals surface area contributed by atoms with Gasteiger partial charge in [0, 0.05) is 37.3 Å². The molecule has 2 aromatic rings. The summed E-state index contributed by atoms with van der Waals surface area (Å²) in [6.45, 7) is 9.85. The van der Waals surface area contributed by atoms with Crippen molar-refractivity contribution in [3.63, 3.8) is 0 Å². The Labute approximate surface area is 131 Å². The zero-order valence-electron chi connectivity index (χ0n) is 12.9. The van der Waals surface area contributed by atoms with Gasteiger partial charge in [-0.25, -0.2) is 0 Å². The first-order valence-electron chi connectivity index (χ1n) is 7.48. The summed E-state index contributed by atoms with van der Waals surface area (Å²) in [6, 6.07) is 8.53. The molecule has 0 bridgehead atoms. The SMILES string of the molecule is CC(C)(C)C1CN(c2ccc(Cl)c3cccnc23)CCN1. The summed E-state index contributed by atoms with van der Waals surface area (Å²) in [6.07, 6.45) is 1.84. The molecule has 1 aromatic heterocycles. The lowest BCUT2D eigenvalue weighted by Crippen LogP contribution is -2.56. The molecule has 112 valence electrons. The normalized spacial score (nSPS) is 20.0. The van der Waals surface area contributed by atoms with Crippen LogP contribution in [0.1, 0.15) is 20.8 Å². The Morgan fingerprint density at radius 3 is 2.86 bits per heavy atom. The van der Waals surface area contributed by atoms with Crippen LogP contribution in [-0.4, -0.2) is 30.7 Å². The molecule has 21 heavy (non-hydrogen) atoms. The number of hydrogen-bond donors (Lipinski definition) is 1. The molecule has 3 rings (SSSR count). The summed E-state index contributed by atoms with van der Waals surface area (Å²) < 4.78 is 0. The highest BCUT2D eigenvalue weighted by Gasteiger charge is 2.30. The van der Waals surface area contributed by atoms with E-state index in [0.717, 1.165) is 35.6 Å². The van der Waals surface area contributed by atoms with E-state index in [1.54, 1.807) is 0 Å². The van der Waals surface area contributed by atoms with E-state index >= 15 is 0 Å². The molecule has 1 saturated heterocycles. The van der Waals surface area contributed by atoms with E-state index < -0.39 is 0 Å². The van der Waals surface area contributed by atoms with E-state index in [-0.39, 0.29) is 5.41 Å². The van der Waals surface area contributed by atoms with Crippen LogP contribution in [0.15, 0.2) is 30.5 Å². The van der Waals surface area contributed by atoms with Gasteiger partial charge in [0.2, 0.25) is 0 Å². The molecule has 3 nitrogen and oxygen atoms in total. The van der Waals surface area contributed by atoms with Crippen molar-refractivity contribution in [2.75, 3.05) is 24.5 Å². The number of benzene rings is 1. The van der Waals surface area contributed by atoms with Gasteiger partial charge in [-0.15, -0.1) is 0 Å². The molecule has 0 saturated carbocycles. The van der Waals surface area contributed by atoms with Gasteiger partial charge in [0.05, 0.1) is 16.2 Å². The fraction of sp³-hybridized carbons (Fsp3) is 0.471. The summed E-state index contributed by atoms with van der Waals surface area (Å²) in [5.41, 5.74) is 2.43. The maximum absolute atomic E-state index is 6.30. The molecule has 0 amide bonds. The smallest absolute Gasteiger partial charge is 0.0950 e. The molecule has 2 heterocycles. The van der Waals surface area contributed by atoms with Crippen LogP contribution in [-0.2, 0) is 0 Å². The van der Waals surface area contributed by atoms with Crippen LogP contribution in [0.3, 0.4) is 0 Å². The zero-order chi connectivity index (χ0) is 15.0. The standard InChI is InChI=1S/C17H22ClN3/c1-17(2,3)15-11-21(10-9-19-15)14-7-6-13(18)12-5-4-8-20-16(12)14/h4-8,15,19H,9-11H2,1-3H3. The van der Waals surface area contributed by atoms with E-state index in [2.05, 4.69) is 42.0 Å². The molecular weight excluding hydrogens is 282 g/mol. The first-order chi connectivity index (χ1) is 9.97. The van der Waals surface area contributed by atoms with Crippen LogP contribution >= 0.6 is 11.6 Å². The van der Waals surface area contributed by atoms with Gasteiger partial charge in [-0.3, -0.25) is 4.98 Å². The molecule has 1 N–H and O–H groups in total. The van der Waals surface area contributed by atoms with Crippen molar-refractivity contribution in [1.29, 1.82) is 0 Å². The van der Waals surface area contributed by atoms with Crippen LogP contribution in [0.2, 0.25) is 5.02 Å². The Balaban J connectivity index is 1.99. The molecule has 1 aromatic carbocycles. The number of rotatable bonds is 1. The molecule has 1 unspecified atom stereocenters. The third-order valence-corrected chi connectivity index (χ3v) is 4.59. The number of hydrogen-bond acceptors (Lipinski definition) is 3. The first-order valence-corrected chi connectivity index (χ1v) is 7.86. The highest BCUT2D eigenvalue weighted by molar-refractivity contribution is 6.35. The number of fused-ring (bicyclic) bond motifs is 1. The number of pyridine rings is 1. The maximum Gasteiger partial charge on any atom is 0.0950 e. The minimum Gasteiger partial charge on any atom is -0.367 e. The maximum atomic E-state index is 6.30. The van der Waals surface area contributed by atoms with E-state index in [1.165, 1.54) is 5.69 Å². The minimum atomic E-state index is 0.244. The van der Waals surface area contributed by atoms with Crippen LogP contribution in [0.4, 0.5) is 5.69 Å². The Morgan fingerprint density at radius 2 is 2.10 bits per heavy atom. The molecule has 1 atom stereocenters. The topological polar surface area (TPSA) is 28.2 Å². The molecule has 1 aliphatic heterocycles. The summed E-state index contributed by atoms with van der Waals surface area (Å²) in [4.78, 5) is 6.99. The summed E-state index contributed by atoms with van der Waals surface area (Å²) in [5.74, 6) is 0. The van der Waals surface area contributed by atoms with Gasteiger partial charge in [-0.2, -0.15) is 0 Å². The fourth-order valence-corrected chi connectivity index (χ4v) is 3.14.